The summed E-state index contributed by atoms with van der Waals surface area (Å²) in [7, 11) is 0. The van der Waals surface area contributed by atoms with Crippen molar-refractivity contribution in [2.75, 3.05) is 0 Å². The molecule has 4 aliphatic carbocycles. The quantitative estimate of drug-likeness (QED) is 0.528. The van der Waals surface area contributed by atoms with Crippen molar-refractivity contribution in [1.82, 2.24) is 0 Å². The maximum atomic E-state index is 12.7. The van der Waals surface area contributed by atoms with Gasteiger partial charge in [-0.1, -0.05) is 19.9 Å². The number of rotatable bonds is 0. The van der Waals surface area contributed by atoms with Crippen LogP contribution in [0.2, 0.25) is 0 Å². The second-order valence-electron chi connectivity index (χ2n) is 9.88. The molecule has 4 saturated carbocycles. The highest BCUT2D eigenvalue weighted by atomic mass is 16.6. The van der Waals surface area contributed by atoms with Gasteiger partial charge < -0.3 is 14.9 Å². The molecule has 0 unspecified atom stereocenters. The van der Waals surface area contributed by atoms with Crippen molar-refractivity contribution in [1.29, 1.82) is 0 Å². The SMILES string of the molecule is C=C1C[C@]23C[C@@]1(O)CC[C@H]2[C@]1(C)CCC[C@@]2(C)C(=O)O[C@@H]([C@H]3O)[C@@H]12. The second-order valence-corrected chi connectivity index (χ2v) is 9.88. The molecule has 4 nitrogen and oxygen atoms in total. The van der Waals surface area contributed by atoms with Crippen molar-refractivity contribution in [2.24, 2.45) is 28.1 Å². The number of fused-ring (bicyclic) bond motifs is 2. The van der Waals surface area contributed by atoms with Gasteiger partial charge in [-0.05, 0) is 62.4 Å². The molecule has 0 aromatic heterocycles. The molecular formula is C20H28O4. The van der Waals surface area contributed by atoms with Gasteiger partial charge in [-0.2, -0.15) is 0 Å². The minimum absolute atomic E-state index is 0.00495. The minimum atomic E-state index is -0.832. The van der Waals surface area contributed by atoms with E-state index in [4.69, 9.17) is 4.74 Å². The van der Waals surface area contributed by atoms with E-state index in [1.807, 2.05) is 0 Å². The Bertz CT molecular complexity index is 658. The highest BCUT2D eigenvalue weighted by Gasteiger charge is 2.76. The molecule has 0 amide bonds. The van der Waals surface area contributed by atoms with Crippen LogP contribution < -0.4 is 0 Å². The summed E-state index contributed by atoms with van der Waals surface area (Å²) in [6.45, 7) is 8.51. The van der Waals surface area contributed by atoms with E-state index in [1.165, 1.54) is 0 Å². The zero-order chi connectivity index (χ0) is 17.1. The Labute approximate surface area is 143 Å². The maximum Gasteiger partial charge on any atom is 0.312 e. The Morgan fingerprint density at radius 3 is 2.75 bits per heavy atom. The minimum Gasteiger partial charge on any atom is -0.459 e. The number of aliphatic hydroxyl groups excluding tert-OH is 1. The average Bonchev–Trinajstić information content (AvgIpc) is 2.88. The summed E-state index contributed by atoms with van der Waals surface area (Å²) in [4.78, 5) is 12.7. The van der Waals surface area contributed by atoms with Crippen LogP contribution in [0.4, 0.5) is 0 Å². The third-order valence-electron chi connectivity index (χ3n) is 8.91. The fourth-order valence-electron chi connectivity index (χ4n) is 8.01. The molecule has 1 saturated heterocycles. The average molecular weight is 332 g/mol. The van der Waals surface area contributed by atoms with Crippen molar-refractivity contribution in [2.45, 2.75) is 76.6 Å². The maximum absolute atomic E-state index is 12.7. The molecule has 0 radical (unpaired) electrons. The third-order valence-corrected chi connectivity index (χ3v) is 8.91. The van der Waals surface area contributed by atoms with Gasteiger partial charge in [0.05, 0.1) is 17.1 Å². The third kappa shape index (κ3) is 1.40. The number of hydrogen-bond donors (Lipinski definition) is 2. The summed E-state index contributed by atoms with van der Waals surface area (Å²) in [5, 5.41) is 22.3. The first-order valence-electron chi connectivity index (χ1n) is 9.47. The van der Waals surface area contributed by atoms with Gasteiger partial charge in [-0.3, -0.25) is 4.79 Å². The molecule has 132 valence electrons. The van der Waals surface area contributed by atoms with E-state index in [0.717, 1.165) is 37.7 Å². The van der Waals surface area contributed by atoms with E-state index in [1.54, 1.807) is 0 Å². The van der Waals surface area contributed by atoms with Gasteiger partial charge >= 0.3 is 5.97 Å². The number of carbonyl (C=O) groups excluding carboxylic acids is 1. The van der Waals surface area contributed by atoms with E-state index in [9.17, 15) is 15.0 Å². The van der Waals surface area contributed by atoms with E-state index >= 15 is 0 Å². The van der Waals surface area contributed by atoms with Gasteiger partial charge in [-0.25, -0.2) is 0 Å². The van der Waals surface area contributed by atoms with E-state index in [-0.39, 0.29) is 22.7 Å². The Kier molecular flexibility index (Phi) is 2.62. The largest absolute Gasteiger partial charge is 0.459 e. The lowest BCUT2D eigenvalue weighted by molar-refractivity contribution is -0.229. The topological polar surface area (TPSA) is 66.8 Å². The number of aliphatic hydroxyl groups is 2. The van der Waals surface area contributed by atoms with Crippen LogP contribution >= 0.6 is 0 Å². The summed E-state index contributed by atoms with van der Waals surface area (Å²) in [5.41, 5.74) is -0.794. The van der Waals surface area contributed by atoms with Crippen LogP contribution in [0.15, 0.2) is 12.2 Å². The number of carbonyl (C=O) groups is 1. The van der Waals surface area contributed by atoms with Gasteiger partial charge in [0.2, 0.25) is 0 Å². The standard InChI is InChI=1S/C20H28O4/c1-11-9-19-10-20(11,23)8-5-12(19)17(2)6-4-7-18(3)14(17)13(15(19)21)24-16(18)22/h12-15,21,23H,1,4-10H2,2-3H3/t12-,13+,14-,15+,17-,18+,19-,20-/m0/s1. The molecule has 0 aromatic rings. The lowest BCUT2D eigenvalue weighted by Gasteiger charge is -2.64. The lowest BCUT2D eigenvalue weighted by Crippen LogP contribution is -2.66. The summed E-state index contributed by atoms with van der Waals surface area (Å²) in [6.07, 6.45) is 4.79. The molecule has 4 heteroatoms. The second kappa shape index (κ2) is 4.09. The van der Waals surface area contributed by atoms with Crippen molar-refractivity contribution in [3.8, 4) is 0 Å². The Morgan fingerprint density at radius 2 is 2.00 bits per heavy atom. The first kappa shape index (κ1) is 15.4. The number of ether oxygens (including phenoxy) is 1. The van der Waals surface area contributed by atoms with Crippen LogP contribution in [-0.4, -0.2) is 34.0 Å². The molecule has 5 aliphatic rings. The van der Waals surface area contributed by atoms with Gasteiger partial charge in [0.1, 0.15) is 6.10 Å². The van der Waals surface area contributed by atoms with Crippen molar-refractivity contribution in [3.63, 3.8) is 0 Å². The summed E-state index contributed by atoms with van der Waals surface area (Å²) in [5.74, 6) is 0.302. The summed E-state index contributed by atoms with van der Waals surface area (Å²) >= 11 is 0. The number of hydrogen-bond acceptors (Lipinski definition) is 4. The van der Waals surface area contributed by atoms with Crippen LogP contribution in [0.1, 0.15) is 58.8 Å². The highest BCUT2D eigenvalue weighted by Crippen LogP contribution is 2.74. The van der Waals surface area contributed by atoms with E-state index < -0.39 is 23.2 Å². The first-order valence-corrected chi connectivity index (χ1v) is 9.47. The predicted molar refractivity (Wildman–Crippen MR) is 87.9 cm³/mol. The first-order chi connectivity index (χ1) is 11.2. The highest BCUT2D eigenvalue weighted by molar-refractivity contribution is 5.80. The molecule has 1 spiro atoms. The predicted octanol–water partition coefficient (Wildman–Crippen LogP) is 2.58. The normalized spacial score (nSPS) is 61.3. The molecule has 1 heterocycles. The fourth-order valence-corrected chi connectivity index (χ4v) is 8.01. The van der Waals surface area contributed by atoms with Crippen molar-refractivity contribution < 1.29 is 19.7 Å². The monoisotopic (exact) mass is 332 g/mol. The molecule has 24 heavy (non-hydrogen) atoms. The zero-order valence-corrected chi connectivity index (χ0v) is 14.7. The van der Waals surface area contributed by atoms with Crippen LogP contribution in [0.3, 0.4) is 0 Å². The molecule has 5 rings (SSSR count). The zero-order valence-electron chi connectivity index (χ0n) is 14.7. The summed E-state index contributed by atoms with van der Waals surface area (Å²) in [6, 6.07) is 0. The number of esters is 1. The molecular weight excluding hydrogens is 304 g/mol. The smallest absolute Gasteiger partial charge is 0.312 e. The summed E-state index contributed by atoms with van der Waals surface area (Å²) < 4.78 is 5.82. The molecule has 8 atom stereocenters. The van der Waals surface area contributed by atoms with Crippen molar-refractivity contribution >= 4 is 5.97 Å². The Morgan fingerprint density at radius 1 is 1.25 bits per heavy atom. The van der Waals surface area contributed by atoms with Gasteiger partial charge in [0.15, 0.2) is 0 Å². The van der Waals surface area contributed by atoms with Gasteiger partial charge in [0.25, 0.3) is 0 Å². The van der Waals surface area contributed by atoms with Crippen LogP contribution in [0.5, 0.6) is 0 Å². The van der Waals surface area contributed by atoms with E-state index in [0.29, 0.717) is 18.8 Å². The Balaban J connectivity index is 1.69. The van der Waals surface area contributed by atoms with Crippen molar-refractivity contribution in [3.05, 3.63) is 12.2 Å². The van der Waals surface area contributed by atoms with Crippen LogP contribution in [0, 0.1) is 28.1 Å². The molecule has 5 fully saturated rings. The van der Waals surface area contributed by atoms with Crippen LogP contribution in [-0.2, 0) is 9.53 Å². The van der Waals surface area contributed by atoms with Gasteiger partial charge in [-0.15, -0.1) is 0 Å². The molecule has 0 aromatic carbocycles. The van der Waals surface area contributed by atoms with E-state index in [2.05, 4.69) is 20.4 Å². The fraction of sp³-hybridized carbons (Fsp3) is 0.850. The molecule has 2 bridgehead atoms. The molecule has 2 N–H and O–H groups in total. The molecule has 1 aliphatic heterocycles. The van der Waals surface area contributed by atoms with Crippen LogP contribution in [0.25, 0.3) is 0 Å². The Hall–Kier alpha value is -0.870. The van der Waals surface area contributed by atoms with Gasteiger partial charge in [0, 0.05) is 11.3 Å². The lowest BCUT2D eigenvalue weighted by atomic mass is 9.40.